The molecule has 0 spiro atoms. The number of hydrogen-bond donors (Lipinski definition) is 1. The first-order valence-electron chi connectivity index (χ1n) is 9.10. The van der Waals surface area contributed by atoms with Gasteiger partial charge in [-0.15, -0.1) is 0 Å². The smallest absolute Gasteiger partial charge is 0.238 e. The van der Waals surface area contributed by atoms with Gasteiger partial charge in [-0.05, 0) is 32.9 Å². The second-order valence-electron chi connectivity index (χ2n) is 6.53. The quantitative estimate of drug-likeness (QED) is 0.811. The van der Waals surface area contributed by atoms with Crippen LogP contribution in [-0.4, -0.2) is 78.9 Å². The number of likely N-dealkylation sites (N-methyl/N-ethyl adjacent to an activating group) is 1. The molecule has 1 saturated heterocycles. The second-order valence-corrected chi connectivity index (χ2v) is 6.53. The third-order valence-corrected chi connectivity index (χ3v) is 4.64. The molecule has 1 aliphatic rings. The Kier molecular flexibility index (Phi) is 7.40. The average molecular weight is 346 g/mol. The first kappa shape index (κ1) is 19.4. The van der Waals surface area contributed by atoms with Crippen molar-refractivity contribution < 1.29 is 9.59 Å². The number of nitrogens with one attached hydrogen (secondary N) is 1. The fourth-order valence-electron chi connectivity index (χ4n) is 3.01. The minimum Gasteiger partial charge on any atom is -0.342 e. The summed E-state index contributed by atoms with van der Waals surface area (Å²) in [5, 5.41) is 2.94. The van der Waals surface area contributed by atoms with Crippen molar-refractivity contribution in [2.75, 3.05) is 57.7 Å². The van der Waals surface area contributed by atoms with E-state index in [0.29, 0.717) is 13.1 Å². The van der Waals surface area contributed by atoms with Crippen molar-refractivity contribution in [1.29, 1.82) is 0 Å². The van der Waals surface area contributed by atoms with E-state index in [1.54, 1.807) is 0 Å². The third-order valence-electron chi connectivity index (χ3n) is 4.64. The number of benzene rings is 1. The van der Waals surface area contributed by atoms with Gasteiger partial charge in [0.2, 0.25) is 11.8 Å². The summed E-state index contributed by atoms with van der Waals surface area (Å²) in [6, 6.07) is 7.82. The summed E-state index contributed by atoms with van der Waals surface area (Å²) in [6.45, 7) is 11.7. The molecule has 2 amide bonds. The van der Waals surface area contributed by atoms with E-state index in [9.17, 15) is 9.59 Å². The van der Waals surface area contributed by atoms with Crippen LogP contribution in [0.5, 0.6) is 0 Å². The molecular weight excluding hydrogens is 316 g/mol. The van der Waals surface area contributed by atoms with Gasteiger partial charge in [-0.3, -0.25) is 19.4 Å². The summed E-state index contributed by atoms with van der Waals surface area (Å²) >= 11 is 0. The molecule has 1 aromatic carbocycles. The highest BCUT2D eigenvalue weighted by Gasteiger charge is 2.22. The van der Waals surface area contributed by atoms with Gasteiger partial charge in [0.25, 0.3) is 0 Å². The zero-order chi connectivity index (χ0) is 18.2. The Morgan fingerprint density at radius 3 is 2.00 bits per heavy atom. The topological polar surface area (TPSA) is 55.9 Å². The fraction of sp³-hybridized carbons (Fsp3) is 0.579. The molecule has 1 N–H and O–H groups in total. The Hall–Kier alpha value is -1.92. The van der Waals surface area contributed by atoms with Gasteiger partial charge in [0, 0.05) is 45.0 Å². The molecule has 1 aromatic rings. The molecule has 0 aromatic heterocycles. The van der Waals surface area contributed by atoms with E-state index >= 15 is 0 Å². The number of carbonyl (C=O) groups excluding carboxylic acids is 2. The molecule has 6 nitrogen and oxygen atoms in total. The molecule has 0 radical (unpaired) electrons. The van der Waals surface area contributed by atoms with Gasteiger partial charge in [0.15, 0.2) is 0 Å². The van der Waals surface area contributed by atoms with Gasteiger partial charge < -0.3 is 10.2 Å². The Morgan fingerprint density at radius 2 is 1.48 bits per heavy atom. The molecule has 6 heteroatoms. The molecule has 1 heterocycles. The second kappa shape index (κ2) is 9.53. The monoisotopic (exact) mass is 346 g/mol. The van der Waals surface area contributed by atoms with E-state index in [2.05, 4.69) is 15.1 Å². The van der Waals surface area contributed by atoms with Gasteiger partial charge in [-0.2, -0.15) is 0 Å². The molecule has 138 valence electrons. The zero-order valence-electron chi connectivity index (χ0n) is 15.6. The Morgan fingerprint density at radius 1 is 0.960 bits per heavy atom. The molecule has 25 heavy (non-hydrogen) atoms. The van der Waals surface area contributed by atoms with Crippen LogP contribution in [0, 0.1) is 6.92 Å². The average Bonchev–Trinajstić information content (AvgIpc) is 2.60. The zero-order valence-corrected chi connectivity index (χ0v) is 15.6. The fourth-order valence-corrected chi connectivity index (χ4v) is 3.01. The number of rotatable bonds is 7. The van der Waals surface area contributed by atoms with E-state index in [4.69, 9.17) is 0 Å². The van der Waals surface area contributed by atoms with Crippen LogP contribution >= 0.6 is 0 Å². The Bertz CT molecular complexity index is 561. The molecule has 0 unspecified atom stereocenters. The SMILES string of the molecule is CCN(CC)C(=O)CN1CCN(CC(=O)Nc2ccc(C)cc2)CC1. The molecule has 0 atom stereocenters. The summed E-state index contributed by atoms with van der Waals surface area (Å²) in [6.07, 6.45) is 0. The summed E-state index contributed by atoms with van der Waals surface area (Å²) < 4.78 is 0. The first-order valence-corrected chi connectivity index (χ1v) is 9.10. The normalized spacial score (nSPS) is 15.8. The van der Waals surface area contributed by atoms with Gasteiger partial charge in [0.1, 0.15) is 0 Å². The van der Waals surface area contributed by atoms with Gasteiger partial charge in [0.05, 0.1) is 13.1 Å². The van der Waals surface area contributed by atoms with Gasteiger partial charge in [-0.25, -0.2) is 0 Å². The number of carbonyl (C=O) groups is 2. The van der Waals surface area contributed by atoms with Crippen LogP contribution in [-0.2, 0) is 9.59 Å². The first-order chi connectivity index (χ1) is 12.0. The van der Waals surface area contributed by atoms with Crippen LogP contribution in [0.15, 0.2) is 24.3 Å². The maximum absolute atomic E-state index is 12.2. The van der Waals surface area contributed by atoms with Crippen molar-refractivity contribution >= 4 is 17.5 Å². The Labute approximate surface area is 150 Å². The largest absolute Gasteiger partial charge is 0.342 e. The van der Waals surface area contributed by atoms with Crippen molar-refractivity contribution in [3.8, 4) is 0 Å². The van der Waals surface area contributed by atoms with Crippen molar-refractivity contribution in [1.82, 2.24) is 14.7 Å². The predicted octanol–water partition coefficient (Wildman–Crippen LogP) is 1.42. The van der Waals surface area contributed by atoms with Crippen LogP contribution in [0.1, 0.15) is 19.4 Å². The van der Waals surface area contributed by atoms with Crippen LogP contribution < -0.4 is 5.32 Å². The molecule has 0 bridgehead atoms. The lowest BCUT2D eigenvalue weighted by Gasteiger charge is -2.34. The molecule has 1 aliphatic heterocycles. The highest BCUT2D eigenvalue weighted by Crippen LogP contribution is 2.09. The predicted molar refractivity (Wildman–Crippen MR) is 101 cm³/mol. The molecule has 0 saturated carbocycles. The van der Waals surface area contributed by atoms with E-state index < -0.39 is 0 Å². The number of hydrogen-bond acceptors (Lipinski definition) is 4. The van der Waals surface area contributed by atoms with E-state index in [-0.39, 0.29) is 11.8 Å². The lowest BCUT2D eigenvalue weighted by atomic mass is 10.2. The van der Waals surface area contributed by atoms with Crippen LogP contribution in [0.2, 0.25) is 0 Å². The summed E-state index contributed by atoms with van der Waals surface area (Å²) in [7, 11) is 0. The minimum atomic E-state index is 0.0107. The van der Waals surface area contributed by atoms with Crippen molar-refractivity contribution in [2.45, 2.75) is 20.8 Å². The van der Waals surface area contributed by atoms with E-state index in [0.717, 1.165) is 45.0 Å². The Balaban J connectivity index is 1.72. The lowest BCUT2D eigenvalue weighted by Crippen LogP contribution is -2.51. The van der Waals surface area contributed by atoms with Crippen LogP contribution in [0.4, 0.5) is 5.69 Å². The molecule has 0 aliphatic carbocycles. The highest BCUT2D eigenvalue weighted by atomic mass is 16.2. The maximum atomic E-state index is 12.2. The van der Waals surface area contributed by atoms with E-state index in [1.165, 1.54) is 5.56 Å². The number of anilines is 1. The minimum absolute atomic E-state index is 0.0107. The number of nitrogens with zero attached hydrogens (tertiary/aromatic N) is 3. The lowest BCUT2D eigenvalue weighted by molar-refractivity contribution is -0.132. The van der Waals surface area contributed by atoms with Crippen LogP contribution in [0.3, 0.4) is 0 Å². The summed E-state index contributed by atoms with van der Waals surface area (Å²) in [4.78, 5) is 30.5. The van der Waals surface area contributed by atoms with Gasteiger partial charge in [-0.1, -0.05) is 17.7 Å². The summed E-state index contributed by atoms with van der Waals surface area (Å²) in [5.41, 5.74) is 2.01. The molecule has 2 rings (SSSR count). The number of amides is 2. The number of aryl methyl sites for hydroxylation is 1. The molecular formula is C19H30N4O2. The standard InChI is InChI=1S/C19H30N4O2/c1-4-23(5-2)19(25)15-22-12-10-21(11-13-22)14-18(24)20-17-8-6-16(3)7-9-17/h6-9H,4-5,10-15H2,1-3H3,(H,20,24). The summed E-state index contributed by atoms with van der Waals surface area (Å²) in [5.74, 6) is 0.201. The highest BCUT2D eigenvalue weighted by molar-refractivity contribution is 5.92. The van der Waals surface area contributed by atoms with Crippen molar-refractivity contribution in [2.24, 2.45) is 0 Å². The molecule has 1 fully saturated rings. The van der Waals surface area contributed by atoms with Crippen molar-refractivity contribution in [3.05, 3.63) is 29.8 Å². The van der Waals surface area contributed by atoms with Crippen molar-refractivity contribution in [3.63, 3.8) is 0 Å². The van der Waals surface area contributed by atoms with Crippen LogP contribution in [0.25, 0.3) is 0 Å². The van der Waals surface area contributed by atoms with E-state index in [1.807, 2.05) is 49.9 Å². The third kappa shape index (κ3) is 6.14. The van der Waals surface area contributed by atoms with Gasteiger partial charge >= 0.3 is 0 Å². The number of piperazine rings is 1. The maximum Gasteiger partial charge on any atom is 0.238 e.